The first-order valence-corrected chi connectivity index (χ1v) is 7.32. The SMILES string of the molecule is CO[C@@H]1CCCCC[C@H]1NC(=O)N[C@@]1(C)CCOC1. The van der Waals surface area contributed by atoms with Gasteiger partial charge in [-0.2, -0.15) is 0 Å². The standard InChI is InChI=1S/C14H26N2O3/c1-14(8-9-19-10-14)16-13(17)15-11-6-4-3-5-7-12(11)18-2/h11-12H,3-10H2,1-2H3,(H2,15,16,17)/t11-,12-,14+/m1/s1. The van der Waals surface area contributed by atoms with Crippen molar-refractivity contribution >= 4 is 6.03 Å². The largest absolute Gasteiger partial charge is 0.379 e. The average molecular weight is 270 g/mol. The van der Waals surface area contributed by atoms with E-state index in [1.807, 2.05) is 6.92 Å². The molecular weight excluding hydrogens is 244 g/mol. The van der Waals surface area contributed by atoms with E-state index in [0.29, 0.717) is 6.61 Å². The maximum atomic E-state index is 12.1. The Morgan fingerprint density at radius 2 is 2.11 bits per heavy atom. The minimum atomic E-state index is -0.225. The summed E-state index contributed by atoms with van der Waals surface area (Å²) in [6.07, 6.45) is 6.61. The van der Waals surface area contributed by atoms with Crippen molar-refractivity contribution in [2.75, 3.05) is 20.3 Å². The molecular formula is C14H26N2O3. The van der Waals surface area contributed by atoms with Crippen molar-refractivity contribution in [2.45, 2.75) is 63.1 Å². The van der Waals surface area contributed by atoms with Gasteiger partial charge in [0.05, 0.1) is 24.3 Å². The summed E-state index contributed by atoms with van der Waals surface area (Å²) in [6.45, 7) is 3.35. The van der Waals surface area contributed by atoms with Crippen molar-refractivity contribution in [1.82, 2.24) is 10.6 Å². The molecule has 1 saturated carbocycles. The summed E-state index contributed by atoms with van der Waals surface area (Å²) in [4.78, 5) is 12.1. The average Bonchev–Trinajstić information content (AvgIpc) is 2.66. The molecule has 0 aromatic rings. The summed E-state index contributed by atoms with van der Waals surface area (Å²) in [5, 5.41) is 6.12. The van der Waals surface area contributed by atoms with Gasteiger partial charge >= 0.3 is 6.03 Å². The second-order valence-electron chi connectivity index (χ2n) is 5.98. The molecule has 2 rings (SSSR count). The lowest BCUT2D eigenvalue weighted by Crippen LogP contribution is -2.55. The maximum Gasteiger partial charge on any atom is 0.315 e. The van der Waals surface area contributed by atoms with Crippen molar-refractivity contribution in [2.24, 2.45) is 0 Å². The van der Waals surface area contributed by atoms with Crippen molar-refractivity contribution in [1.29, 1.82) is 0 Å². The fourth-order valence-corrected chi connectivity index (χ4v) is 2.97. The quantitative estimate of drug-likeness (QED) is 0.769. The van der Waals surface area contributed by atoms with E-state index in [2.05, 4.69) is 10.6 Å². The van der Waals surface area contributed by atoms with Crippen LogP contribution in [0, 0.1) is 0 Å². The summed E-state index contributed by atoms with van der Waals surface area (Å²) in [7, 11) is 1.73. The Balaban J connectivity index is 1.85. The van der Waals surface area contributed by atoms with Gasteiger partial charge in [0.2, 0.25) is 0 Å². The predicted molar refractivity (Wildman–Crippen MR) is 73.2 cm³/mol. The molecule has 2 amide bonds. The van der Waals surface area contributed by atoms with Gasteiger partial charge in [0.25, 0.3) is 0 Å². The normalized spacial score (nSPS) is 35.7. The van der Waals surface area contributed by atoms with Crippen LogP contribution in [-0.4, -0.2) is 44.0 Å². The van der Waals surface area contributed by atoms with Crippen LogP contribution < -0.4 is 10.6 Å². The third kappa shape index (κ3) is 4.08. The van der Waals surface area contributed by atoms with Gasteiger partial charge in [-0.15, -0.1) is 0 Å². The zero-order chi connectivity index (χ0) is 13.7. The van der Waals surface area contributed by atoms with E-state index < -0.39 is 0 Å². The molecule has 0 unspecified atom stereocenters. The van der Waals surface area contributed by atoms with Crippen LogP contribution in [0.1, 0.15) is 45.4 Å². The molecule has 1 heterocycles. The second-order valence-corrected chi connectivity index (χ2v) is 5.98. The molecule has 110 valence electrons. The van der Waals surface area contributed by atoms with Crippen LogP contribution in [0.3, 0.4) is 0 Å². The molecule has 1 saturated heterocycles. The summed E-state index contributed by atoms with van der Waals surface area (Å²) in [6, 6.07) is 0.0281. The maximum absolute atomic E-state index is 12.1. The first-order chi connectivity index (χ1) is 9.13. The highest BCUT2D eigenvalue weighted by atomic mass is 16.5. The number of nitrogens with one attached hydrogen (secondary N) is 2. The molecule has 3 atom stereocenters. The lowest BCUT2D eigenvalue weighted by Gasteiger charge is -2.28. The van der Waals surface area contributed by atoms with Crippen molar-refractivity contribution in [3.05, 3.63) is 0 Å². The van der Waals surface area contributed by atoms with E-state index in [4.69, 9.17) is 9.47 Å². The van der Waals surface area contributed by atoms with Gasteiger partial charge in [0.1, 0.15) is 0 Å². The van der Waals surface area contributed by atoms with Crippen LogP contribution in [0.25, 0.3) is 0 Å². The van der Waals surface area contributed by atoms with E-state index >= 15 is 0 Å². The van der Waals surface area contributed by atoms with Gasteiger partial charge in [-0.3, -0.25) is 0 Å². The van der Waals surface area contributed by atoms with Crippen LogP contribution in [0.15, 0.2) is 0 Å². The molecule has 2 N–H and O–H groups in total. The van der Waals surface area contributed by atoms with E-state index in [9.17, 15) is 4.79 Å². The zero-order valence-electron chi connectivity index (χ0n) is 12.0. The molecule has 1 aliphatic heterocycles. The minimum absolute atomic E-state index is 0.0954. The summed E-state index contributed by atoms with van der Waals surface area (Å²) in [5.41, 5.74) is -0.225. The molecule has 5 nitrogen and oxygen atoms in total. The van der Waals surface area contributed by atoms with Gasteiger partial charge in [-0.05, 0) is 26.2 Å². The molecule has 0 bridgehead atoms. The summed E-state index contributed by atoms with van der Waals surface area (Å²) < 4.78 is 10.9. The topological polar surface area (TPSA) is 59.6 Å². The number of hydrogen-bond acceptors (Lipinski definition) is 3. The van der Waals surface area contributed by atoms with Gasteiger partial charge in [0.15, 0.2) is 0 Å². The van der Waals surface area contributed by atoms with Crippen LogP contribution in [0.4, 0.5) is 4.79 Å². The monoisotopic (exact) mass is 270 g/mol. The highest BCUT2D eigenvalue weighted by molar-refractivity contribution is 5.75. The van der Waals surface area contributed by atoms with Crippen molar-refractivity contribution < 1.29 is 14.3 Å². The van der Waals surface area contributed by atoms with Gasteiger partial charge in [-0.1, -0.05) is 19.3 Å². The molecule has 19 heavy (non-hydrogen) atoms. The van der Waals surface area contributed by atoms with Crippen LogP contribution in [0.2, 0.25) is 0 Å². The predicted octanol–water partition coefficient (Wildman–Crippen LogP) is 1.81. The molecule has 1 aliphatic carbocycles. The third-order valence-electron chi connectivity index (χ3n) is 4.21. The lowest BCUT2D eigenvalue weighted by molar-refractivity contribution is 0.0654. The Morgan fingerprint density at radius 3 is 2.79 bits per heavy atom. The summed E-state index contributed by atoms with van der Waals surface area (Å²) in [5.74, 6) is 0. The Bertz CT molecular complexity index is 303. The van der Waals surface area contributed by atoms with Crippen LogP contribution >= 0.6 is 0 Å². The van der Waals surface area contributed by atoms with Crippen LogP contribution in [-0.2, 0) is 9.47 Å². The van der Waals surface area contributed by atoms with Gasteiger partial charge in [-0.25, -0.2) is 4.79 Å². The Morgan fingerprint density at radius 1 is 1.32 bits per heavy atom. The van der Waals surface area contributed by atoms with E-state index in [-0.39, 0.29) is 23.7 Å². The molecule has 0 spiro atoms. The van der Waals surface area contributed by atoms with Crippen molar-refractivity contribution in [3.8, 4) is 0 Å². The second kappa shape index (κ2) is 6.57. The van der Waals surface area contributed by atoms with E-state index in [0.717, 1.165) is 32.3 Å². The van der Waals surface area contributed by atoms with E-state index in [1.165, 1.54) is 12.8 Å². The highest BCUT2D eigenvalue weighted by Gasteiger charge is 2.32. The first kappa shape index (κ1) is 14.6. The highest BCUT2D eigenvalue weighted by Crippen LogP contribution is 2.21. The van der Waals surface area contributed by atoms with Crippen LogP contribution in [0.5, 0.6) is 0 Å². The number of rotatable bonds is 3. The molecule has 0 radical (unpaired) electrons. The zero-order valence-corrected chi connectivity index (χ0v) is 12.0. The third-order valence-corrected chi connectivity index (χ3v) is 4.21. The first-order valence-electron chi connectivity index (χ1n) is 7.32. The number of ether oxygens (including phenoxy) is 2. The number of carbonyl (C=O) groups excluding carboxylic acids is 1. The number of hydrogen-bond donors (Lipinski definition) is 2. The Hall–Kier alpha value is -0.810. The molecule has 2 fully saturated rings. The van der Waals surface area contributed by atoms with Crippen molar-refractivity contribution in [3.63, 3.8) is 0 Å². The van der Waals surface area contributed by atoms with Gasteiger partial charge < -0.3 is 20.1 Å². The molecule has 0 aromatic heterocycles. The number of carbonyl (C=O) groups is 1. The number of methoxy groups -OCH3 is 1. The fourth-order valence-electron chi connectivity index (χ4n) is 2.97. The Labute approximate surface area is 115 Å². The van der Waals surface area contributed by atoms with Gasteiger partial charge in [0, 0.05) is 13.7 Å². The molecule has 0 aromatic carbocycles. The molecule has 5 heteroatoms. The number of urea groups is 1. The summed E-state index contributed by atoms with van der Waals surface area (Å²) >= 11 is 0. The fraction of sp³-hybridized carbons (Fsp3) is 0.929. The smallest absolute Gasteiger partial charge is 0.315 e. The Kier molecular flexibility index (Phi) is 5.05. The lowest BCUT2D eigenvalue weighted by atomic mass is 10.0. The number of amides is 2. The molecule has 2 aliphatic rings. The van der Waals surface area contributed by atoms with E-state index in [1.54, 1.807) is 7.11 Å². The minimum Gasteiger partial charge on any atom is -0.379 e.